The third kappa shape index (κ3) is 4.97. The molecule has 2 amide bonds. The van der Waals surface area contributed by atoms with Crippen LogP contribution in [0.2, 0.25) is 0 Å². The predicted octanol–water partition coefficient (Wildman–Crippen LogP) is 4.02. The van der Waals surface area contributed by atoms with Crippen molar-refractivity contribution in [3.8, 4) is 0 Å². The first kappa shape index (κ1) is 20.1. The molecule has 0 aliphatic carbocycles. The number of benzene rings is 2. The quantitative estimate of drug-likeness (QED) is 0.786. The van der Waals surface area contributed by atoms with Crippen LogP contribution in [0.1, 0.15) is 49.7 Å². The van der Waals surface area contributed by atoms with Gasteiger partial charge in [-0.15, -0.1) is 0 Å². The molecule has 0 radical (unpaired) electrons. The van der Waals surface area contributed by atoms with Gasteiger partial charge >= 0.3 is 0 Å². The fourth-order valence-corrected chi connectivity index (χ4v) is 3.80. The number of carbonyl (C=O) groups excluding carboxylic acids is 2. The molecule has 0 saturated carbocycles. The monoisotopic (exact) mass is 382 g/mol. The summed E-state index contributed by atoms with van der Waals surface area (Å²) in [6.45, 7) is 3.10. The second kappa shape index (κ2) is 9.49. The van der Waals surface area contributed by atoms with Crippen LogP contribution in [0.15, 0.2) is 54.6 Å². The highest BCUT2D eigenvalue weighted by Gasteiger charge is 2.34. The van der Waals surface area contributed by atoms with Crippen LogP contribution in [-0.4, -0.2) is 29.3 Å². The third-order valence-electron chi connectivity index (χ3n) is 5.44. The average Bonchev–Trinajstić information content (AvgIpc) is 3.22. The molecule has 0 aromatic heterocycles. The van der Waals surface area contributed by atoms with Gasteiger partial charge in [-0.3, -0.25) is 9.59 Å². The molecule has 1 fully saturated rings. The maximum atomic E-state index is 13.2. The molecule has 3 rings (SSSR count). The Labute approximate surface area is 165 Å². The molecule has 1 aliphatic rings. The summed E-state index contributed by atoms with van der Waals surface area (Å²) in [6, 6.07) is 15.7. The fraction of sp³-hybridized carbons (Fsp3) is 0.391. The Morgan fingerprint density at radius 1 is 1.14 bits per heavy atom. The molecule has 2 atom stereocenters. The van der Waals surface area contributed by atoms with Crippen LogP contribution in [0.25, 0.3) is 0 Å². The van der Waals surface area contributed by atoms with Crippen molar-refractivity contribution in [1.82, 2.24) is 10.2 Å². The van der Waals surface area contributed by atoms with E-state index in [1.165, 1.54) is 12.1 Å². The van der Waals surface area contributed by atoms with E-state index >= 15 is 0 Å². The van der Waals surface area contributed by atoms with Gasteiger partial charge in [0.15, 0.2) is 0 Å². The average molecular weight is 382 g/mol. The van der Waals surface area contributed by atoms with E-state index in [1.807, 2.05) is 37.3 Å². The van der Waals surface area contributed by atoms with Gasteiger partial charge in [0.2, 0.25) is 11.8 Å². The molecule has 1 unspecified atom stereocenters. The molecule has 5 heteroatoms. The van der Waals surface area contributed by atoms with E-state index in [0.717, 1.165) is 24.0 Å². The second-order valence-electron chi connectivity index (χ2n) is 7.31. The number of amides is 2. The van der Waals surface area contributed by atoms with Crippen molar-refractivity contribution in [3.05, 3.63) is 71.5 Å². The summed E-state index contributed by atoms with van der Waals surface area (Å²) < 4.78 is 13.2. The lowest BCUT2D eigenvalue weighted by atomic mass is 9.92. The van der Waals surface area contributed by atoms with E-state index in [0.29, 0.717) is 25.9 Å². The fourth-order valence-electron chi connectivity index (χ4n) is 3.80. The van der Waals surface area contributed by atoms with Crippen LogP contribution in [0.3, 0.4) is 0 Å². The van der Waals surface area contributed by atoms with Crippen molar-refractivity contribution in [3.63, 3.8) is 0 Å². The molecule has 0 spiro atoms. The lowest BCUT2D eigenvalue weighted by Gasteiger charge is -2.26. The maximum Gasteiger partial charge on any atom is 0.243 e. The number of carbonyl (C=O) groups is 2. The van der Waals surface area contributed by atoms with Crippen LogP contribution in [0.5, 0.6) is 0 Å². The standard InChI is InChI=1S/C23H27FN2O2/c1-2-18(19-10-12-20(24)13-11-19)15-22(27)26-14-6-9-21(26)23(28)25-16-17-7-4-3-5-8-17/h3-5,7-8,10-13,18,21H,2,6,9,14-16H2,1H3,(H,25,28)/t18?,21-/m1/s1. The molecule has 0 bridgehead atoms. The summed E-state index contributed by atoms with van der Waals surface area (Å²) in [6.07, 6.45) is 2.66. The van der Waals surface area contributed by atoms with Gasteiger partial charge in [-0.1, -0.05) is 49.4 Å². The predicted molar refractivity (Wildman–Crippen MR) is 107 cm³/mol. The first-order valence-corrected chi connectivity index (χ1v) is 9.95. The molecule has 1 heterocycles. The van der Waals surface area contributed by atoms with Crippen LogP contribution >= 0.6 is 0 Å². The van der Waals surface area contributed by atoms with Crippen molar-refractivity contribution >= 4 is 11.8 Å². The summed E-state index contributed by atoms with van der Waals surface area (Å²) >= 11 is 0. The van der Waals surface area contributed by atoms with Gasteiger partial charge in [-0.25, -0.2) is 4.39 Å². The maximum absolute atomic E-state index is 13.2. The zero-order valence-electron chi connectivity index (χ0n) is 16.2. The molecule has 2 aromatic carbocycles. The zero-order chi connectivity index (χ0) is 19.9. The molecule has 148 valence electrons. The molecule has 1 saturated heterocycles. The second-order valence-corrected chi connectivity index (χ2v) is 7.31. The topological polar surface area (TPSA) is 49.4 Å². The number of nitrogens with one attached hydrogen (secondary N) is 1. The molecular formula is C23H27FN2O2. The van der Waals surface area contributed by atoms with Crippen LogP contribution in [0, 0.1) is 5.82 Å². The molecule has 2 aromatic rings. The molecular weight excluding hydrogens is 355 g/mol. The summed E-state index contributed by atoms with van der Waals surface area (Å²) in [5.41, 5.74) is 2.00. The van der Waals surface area contributed by atoms with Crippen molar-refractivity contribution in [2.24, 2.45) is 0 Å². The Hall–Kier alpha value is -2.69. The summed E-state index contributed by atoms with van der Waals surface area (Å²) in [4.78, 5) is 27.3. The van der Waals surface area contributed by atoms with Crippen molar-refractivity contribution < 1.29 is 14.0 Å². The largest absolute Gasteiger partial charge is 0.350 e. The minimum Gasteiger partial charge on any atom is -0.350 e. The minimum absolute atomic E-state index is 0.00599. The van der Waals surface area contributed by atoms with Crippen LogP contribution in [-0.2, 0) is 16.1 Å². The number of hydrogen-bond acceptors (Lipinski definition) is 2. The first-order valence-electron chi connectivity index (χ1n) is 9.95. The Bertz CT molecular complexity index is 792. The smallest absolute Gasteiger partial charge is 0.243 e. The minimum atomic E-state index is -0.401. The number of nitrogens with zero attached hydrogens (tertiary/aromatic N) is 1. The van der Waals surface area contributed by atoms with E-state index in [-0.39, 0.29) is 23.5 Å². The van der Waals surface area contributed by atoms with Crippen molar-refractivity contribution in [2.45, 2.75) is 51.1 Å². The van der Waals surface area contributed by atoms with Gasteiger partial charge < -0.3 is 10.2 Å². The summed E-state index contributed by atoms with van der Waals surface area (Å²) in [5.74, 6) is -0.348. The van der Waals surface area contributed by atoms with Crippen molar-refractivity contribution in [1.29, 1.82) is 0 Å². The number of hydrogen-bond donors (Lipinski definition) is 1. The molecule has 1 N–H and O–H groups in total. The highest BCUT2D eigenvalue weighted by Crippen LogP contribution is 2.27. The number of rotatable bonds is 7. The highest BCUT2D eigenvalue weighted by molar-refractivity contribution is 5.88. The number of likely N-dealkylation sites (tertiary alicyclic amines) is 1. The van der Waals surface area contributed by atoms with E-state index in [2.05, 4.69) is 5.32 Å². The van der Waals surface area contributed by atoms with Gasteiger partial charge in [0, 0.05) is 19.5 Å². The van der Waals surface area contributed by atoms with Gasteiger partial charge in [-0.2, -0.15) is 0 Å². The highest BCUT2D eigenvalue weighted by atomic mass is 19.1. The summed E-state index contributed by atoms with van der Waals surface area (Å²) in [7, 11) is 0. The van der Waals surface area contributed by atoms with E-state index < -0.39 is 6.04 Å². The van der Waals surface area contributed by atoms with Gasteiger partial charge in [0.1, 0.15) is 11.9 Å². The van der Waals surface area contributed by atoms with Gasteiger partial charge in [0.05, 0.1) is 0 Å². The lowest BCUT2D eigenvalue weighted by Crippen LogP contribution is -2.46. The SMILES string of the molecule is CCC(CC(=O)N1CCC[C@@H]1C(=O)NCc1ccccc1)c1ccc(F)cc1. The van der Waals surface area contributed by atoms with Gasteiger partial charge in [0.25, 0.3) is 0 Å². The lowest BCUT2D eigenvalue weighted by molar-refractivity contribution is -0.138. The summed E-state index contributed by atoms with van der Waals surface area (Å²) in [5, 5.41) is 2.96. The molecule has 1 aliphatic heterocycles. The van der Waals surface area contributed by atoms with Crippen LogP contribution < -0.4 is 5.32 Å². The number of halogens is 1. The zero-order valence-corrected chi connectivity index (χ0v) is 16.2. The van der Waals surface area contributed by atoms with E-state index in [9.17, 15) is 14.0 Å². The third-order valence-corrected chi connectivity index (χ3v) is 5.44. The van der Waals surface area contributed by atoms with E-state index in [1.54, 1.807) is 17.0 Å². The Balaban J connectivity index is 1.60. The van der Waals surface area contributed by atoms with Crippen LogP contribution in [0.4, 0.5) is 4.39 Å². The molecule has 4 nitrogen and oxygen atoms in total. The Morgan fingerprint density at radius 3 is 2.54 bits per heavy atom. The Kier molecular flexibility index (Phi) is 6.80. The normalized spacial score (nSPS) is 17.4. The Morgan fingerprint density at radius 2 is 1.86 bits per heavy atom. The van der Waals surface area contributed by atoms with Crippen molar-refractivity contribution in [2.75, 3.05) is 6.54 Å². The van der Waals surface area contributed by atoms with Gasteiger partial charge in [-0.05, 0) is 48.4 Å². The first-order chi connectivity index (χ1) is 13.6. The van der Waals surface area contributed by atoms with E-state index in [4.69, 9.17) is 0 Å². The molecule has 28 heavy (non-hydrogen) atoms.